The van der Waals surface area contributed by atoms with E-state index in [4.69, 9.17) is 9.47 Å². The van der Waals surface area contributed by atoms with Crippen LogP contribution in [0.25, 0.3) is 0 Å². The second-order valence-corrected chi connectivity index (χ2v) is 10.3. The fourth-order valence-electron chi connectivity index (χ4n) is 2.98. The normalized spacial score (nSPS) is 16.0. The van der Waals surface area contributed by atoms with Crippen LogP contribution in [0.4, 0.5) is 4.39 Å². The van der Waals surface area contributed by atoms with Gasteiger partial charge in [-0.25, -0.2) is 17.9 Å². The van der Waals surface area contributed by atoms with Gasteiger partial charge in [-0.3, -0.25) is 14.3 Å². The Balaban J connectivity index is 1.44. The molecule has 0 spiro atoms. The molecule has 3 rings (SSSR count). The lowest BCUT2D eigenvalue weighted by molar-refractivity contribution is 0.0736. The molecule has 0 radical (unpaired) electrons. The molecule has 1 saturated carbocycles. The predicted molar refractivity (Wildman–Crippen MR) is 116 cm³/mol. The van der Waals surface area contributed by atoms with Crippen LogP contribution in [0, 0.1) is 11.2 Å². The van der Waals surface area contributed by atoms with E-state index in [1.54, 1.807) is 6.92 Å². The Morgan fingerprint density at radius 1 is 1.31 bits per heavy atom. The maximum atomic E-state index is 13.2. The summed E-state index contributed by atoms with van der Waals surface area (Å²) in [5, 5.41) is 0. The summed E-state index contributed by atoms with van der Waals surface area (Å²) in [6.45, 7) is 4.31. The average molecular weight is 470 g/mol. The summed E-state index contributed by atoms with van der Waals surface area (Å²) in [7, 11) is -3.58. The number of hydrogen-bond donors (Lipinski definition) is 2. The number of rotatable bonds is 12. The molecule has 9 nitrogen and oxygen atoms in total. The van der Waals surface area contributed by atoms with Gasteiger partial charge < -0.3 is 9.47 Å². The smallest absolute Gasteiger partial charge is 0.330 e. The summed E-state index contributed by atoms with van der Waals surface area (Å²) in [6.07, 6.45) is 3.23. The zero-order valence-electron chi connectivity index (χ0n) is 18.1. The molecule has 32 heavy (non-hydrogen) atoms. The molecule has 0 aliphatic heterocycles. The Morgan fingerprint density at radius 2 is 2.06 bits per heavy atom. The van der Waals surface area contributed by atoms with Crippen LogP contribution in [0.1, 0.15) is 44.7 Å². The van der Waals surface area contributed by atoms with Crippen LogP contribution >= 0.6 is 0 Å². The number of halogens is 1. The molecule has 176 valence electrons. The van der Waals surface area contributed by atoms with Crippen molar-refractivity contribution in [3.05, 3.63) is 62.7 Å². The number of nitrogens with one attached hydrogen (secondary N) is 2. The van der Waals surface area contributed by atoms with Crippen molar-refractivity contribution in [3.8, 4) is 5.75 Å². The Bertz CT molecular complexity index is 1160. The Labute approximate surface area is 185 Å². The van der Waals surface area contributed by atoms with Crippen LogP contribution in [-0.4, -0.2) is 36.9 Å². The van der Waals surface area contributed by atoms with Gasteiger partial charge in [-0.15, -0.1) is 0 Å². The van der Waals surface area contributed by atoms with E-state index in [9.17, 15) is 22.4 Å². The Morgan fingerprint density at radius 3 is 2.78 bits per heavy atom. The van der Waals surface area contributed by atoms with Crippen molar-refractivity contribution in [2.45, 2.75) is 45.9 Å². The number of benzene rings is 1. The third-order valence-electron chi connectivity index (χ3n) is 5.30. The molecule has 1 heterocycles. The largest absolute Gasteiger partial charge is 0.493 e. The number of hydrogen-bond acceptors (Lipinski definition) is 6. The molecule has 2 N–H and O–H groups in total. The van der Waals surface area contributed by atoms with Gasteiger partial charge >= 0.3 is 5.69 Å². The molecule has 2 aromatic rings. The van der Waals surface area contributed by atoms with E-state index < -0.39 is 33.1 Å². The molecule has 1 aromatic carbocycles. The number of sulfonamides is 1. The molecule has 1 fully saturated rings. The lowest BCUT2D eigenvalue weighted by Gasteiger charge is -2.17. The standard InChI is InChI=1S/C21H28FN3O6S/c1-15(16-5-3-6-17(11-16)31-13-21(2)7-8-21)24-32(28,29)10-4-9-30-14-25-12-18(22)19(26)23-20(25)27/h3,5-6,11-12,15,24H,4,7-10,13-14H2,1-2H3,(H,23,26,27)/t15-/m1/s1. The van der Waals surface area contributed by atoms with Gasteiger partial charge in [0.25, 0.3) is 5.56 Å². The molecule has 11 heteroatoms. The molecular weight excluding hydrogens is 441 g/mol. The van der Waals surface area contributed by atoms with Gasteiger partial charge in [-0.1, -0.05) is 19.1 Å². The van der Waals surface area contributed by atoms with Crippen molar-refractivity contribution >= 4 is 10.0 Å². The highest BCUT2D eigenvalue weighted by Gasteiger charge is 2.38. The highest BCUT2D eigenvalue weighted by atomic mass is 32.2. The third kappa shape index (κ3) is 7.01. The van der Waals surface area contributed by atoms with E-state index in [1.807, 2.05) is 29.2 Å². The van der Waals surface area contributed by atoms with Gasteiger partial charge in [-0.05, 0) is 43.9 Å². The number of ether oxygens (including phenoxy) is 2. The maximum Gasteiger partial charge on any atom is 0.330 e. The molecule has 1 aliphatic carbocycles. The Kier molecular flexibility index (Phi) is 7.52. The maximum absolute atomic E-state index is 13.2. The van der Waals surface area contributed by atoms with Gasteiger partial charge in [-0.2, -0.15) is 4.39 Å². The van der Waals surface area contributed by atoms with E-state index in [0.29, 0.717) is 12.4 Å². The second kappa shape index (κ2) is 9.97. The minimum absolute atomic E-state index is 0.0323. The second-order valence-electron chi connectivity index (χ2n) is 8.43. The zero-order chi connectivity index (χ0) is 23.4. The van der Waals surface area contributed by atoms with Gasteiger partial charge in [0.15, 0.2) is 0 Å². The van der Waals surface area contributed by atoms with E-state index in [2.05, 4.69) is 11.6 Å². The summed E-state index contributed by atoms with van der Waals surface area (Å²) in [6, 6.07) is 6.92. The lowest BCUT2D eigenvalue weighted by Crippen LogP contribution is -2.32. The van der Waals surface area contributed by atoms with Gasteiger partial charge in [0.2, 0.25) is 15.8 Å². The molecular formula is C21H28FN3O6S. The number of aromatic amines is 1. The molecule has 1 aromatic heterocycles. The van der Waals surface area contributed by atoms with Crippen molar-refractivity contribution in [1.82, 2.24) is 14.3 Å². The first-order chi connectivity index (χ1) is 15.1. The first-order valence-electron chi connectivity index (χ1n) is 10.4. The fourth-order valence-corrected chi connectivity index (χ4v) is 4.27. The van der Waals surface area contributed by atoms with Crippen LogP contribution in [0.15, 0.2) is 40.1 Å². The van der Waals surface area contributed by atoms with Crippen molar-refractivity contribution < 1.29 is 22.3 Å². The van der Waals surface area contributed by atoms with E-state index in [0.717, 1.165) is 29.2 Å². The summed E-state index contributed by atoms with van der Waals surface area (Å²) < 4.78 is 52.6. The topological polar surface area (TPSA) is 119 Å². The molecule has 1 aliphatic rings. The SMILES string of the molecule is C[C@@H](NS(=O)(=O)CCCOCn1cc(F)c(=O)[nH]c1=O)c1cccc(OCC2(C)CC2)c1. The van der Waals surface area contributed by atoms with Crippen LogP contribution in [0.2, 0.25) is 0 Å². The minimum Gasteiger partial charge on any atom is -0.493 e. The van der Waals surface area contributed by atoms with Gasteiger partial charge in [0.05, 0.1) is 18.6 Å². The van der Waals surface area contributed by atoms with Crippen molar-refractivity contribution in [2.75, 3.05) is 19.0 Å². The fraction of sp³-hybridized carbons (Fsp3) is 0.524. The van der Waals surface area contributed by atoms with Gasteiger partial charge in [0.1, 0.15) is 12.5 Å². The molecule has 0 bridgehead atoms. The summed E-state index contributed by atoms with van der Waals surface area (Å²) in [5.74, 6) is -0.574. The minimum atomic E-state index is -3.58. The lowest BCUT2D eigenvalue weighted by atomic mass is 10.1. The van der Waals surface area contributed by atoms with Crippen LogP contribution in [0.5, 0.6) is 5.75 Å². The quantitative estimate of drug-likeness (QED) is 0.458. The summed E-state index contributed by atoms with van der Waals surface area (Å²) >= 11 is 0. The van der Waals surface area contributed by atoms with Gasteiger partial charge in [0, 0.05) is 18.1 Å². The molecule has 0 amide bonds. The number of aromatic nitrogens is 2. The summed E-state index contributed by atoms with van der Waals surface area (Å²) in [4.78, 5) is 24.3. The van der Waals surface area contributed by atoms with Crippen LogP contribution in [0.3, 0.4) is 0 Å². The molecule has 0 unspecified atom stereocenters. The third-order valence-corrected chi connectivity index (χ3v) is 6.84. The van der Waals surface area contributed by atoms with E-state index in [1.165, 1.54) is 0 Å². The zero-order valence-corrected chi connectivity index (χ0v) is 18.9. The predicted octanol–water partition coefficient (Wildman–Crippen LogP) is 1.90. The molecule has 0 saturated heterocycles. The first kappa shape index (κ1) is 24.1. The first-order valence-corrected chi connectivity index (χ1v) is 12.0. The number of H-pyrrole nitrogens is 1. The molecule has 1 atom stereocenters. The van der Waals surface area contributed by atoms with Crippen molar-refractivity contribution in [2.24, 2.45) is 5.41 Å². The monoisotopic (exact) mass is 469 g/mol. The van der Waals surface area contributed by atoms with E-state index >= 15 is 0 Å². The number of nitrogens with zero attached hydrogens (tertiary/aromatic N) is 1. The highest BCUT2D eigenvalue weighted by Crippen LogP contribution is 2.45. The van der Waals surface area contributed by atoms with Crippen molar-refractivity contribution in [1.29, 1.82) is 0 Å². The van der Waals surface area contributed by atoms with Crippen LogP contribution in [-0.2, 0) is 21.5 Å². The Hall–Kier alpha value is -2.50. The average Bonchev–Trinajstić information content (AvgIpc) is 3.47. The summed E-state index contributed by atoms with van der Waals surface area (Å²) in [5.41, 5.74) is -0.864. The van der Waals surface area contributed by atoms with Crippen molar-refractivity contribution in [3.63, 3.8) is 0 Å². The van der Waals surface area contributed by atoms with E-state index in [-0.39, 0.29) is 30.9 Å². The van der Waals surface area contributed by atoms with Crippen LogP contribution < -0.4 is 20.7 Å². The highest BCUT2D eigenvalue weighted by molar-refractivity contribution is 7.89.